The number of hydrogen-bond donors (Lipinski definition) is 2. The van der Waals surface area contributed by atoms with Crippen LogP contribution in [0.15, 0.2) is 12.1 Å². The first-order valence-electron chi connectivity index (χ1n) is 4.61. The zero-order valence-electron chi connectivity index (χ0n) is 9.04. The maximum absolute atomic E-state index is 13.2. The number of methoxy groups -OCH3 is 1. The van der Waals surface area contributed by atoms with Gasteiger partial charge in [-0.2, -0.15) is 0 Å². The van der Waals surface area contributed by atoms with E-state index in [9.17, 15) is 9.50 Å². The summed E-state index contributed by atoms with van der Waals surface area (Å²) in [6.07, 6.45) is 0. The van der Waals surface area contributed by atoms with Gasteiger partial charge in [0.25, 0.3) is 0 Å². The third-order valence-corrected chi connectivity index (χ3v) is 2.41. The van der Waals surface area contributed by atoms with E-state index in [4.69, 9.17) is 9.84 Å². The van der Waals surface area contributed by atoms with Crippen LogP contribution in [-0.2, 0) is 5.41 Å². The number of ether oxygens (including phenoxy) is 1. The minimum Gasteiger partial charge on any atom is -0.504 e. The fraction of sp³-hybridized carbons (Fsp3) is 0.455. The van der Waals surface area contributed by atoms with E-state index in [2.05, 4.69) is 0 Å². The molecule has 0 aromatic heterocycles. The van der Waals surface area contributed by atoms with Crippen LogP contribution in [-0.4, -0.2) is 23.9 Å². The lowest BCUT2D eigenvalue weighted by Gasteiger charge is -2.24. The van der Waals surface area contributed by atoms with E-state index in [0.717, 1.165) is 0 Å². The van der Waals surface area contributed by atoms with Gasteiger partial charge in [-0.1, -0.05) is 19.9 Å². The smallest absolute Gasteiger partial charge is 0.196 e. The Hall–Kier alpha value is -1.29. The van der Waals surface area contributed by atoms with Crippen molar-refractivity contribution in [1.82, 2.24) is 0 Å². The van der Waals surface area contributed by atoms with E-state index in [-0.39, 0.29) is 18.1 Å². The maximum atomic E-state index is 13.2. The van der Waals surface area contributed by atoms with Crippen molar-refractivity contribution in [2.75, 3.05) is 13.7 Å². The van der Waals surface area contributed by atoms with Crippen molar-refractivity contribution >= 4 is 0 Å². The van der Waals surface area contributed by atoms with Crippen molar-refractivity contribution in [2.45, 2.75) is 19.3 Å². The lowest BCUT2D eigenvalue weighted by molar-refractivity contribution is 0.214. The predicted octanol–water partition coefficient (Wildman–Crippen LogP) is 1.81. The Morgan fingerprint density at radius 1 is 1.40 bits per heavy atom. The van der Waals surface area contributed by atoms with Gasteiger partial charge in [-0.25, -0.2) is 4.39 Å². The fourth-order valence-corrected chi connectivity index (χ4v) is 1.37. The molecule has 0 unspecified atom stereocenters. The summed E-state index contributed by atoms with van der Waals surface area (Å²) >= 11 is 0. The van der Waals surface area contributed by atoms with Gasteiger partial charge >= 0.3 is 0 Å². The lowest BCUT2D eigenvalue weighted by atomic mass is 9.85. The van der Waals surface area contributed by atoms with Gasteiger partial charge in [-0.15, -0.1) is 0 Å². The molecule has 0 radical (unpaired) electrons. The zero-order valence-corrected chi connectivity index (χ0v) is 9.04. The number of aliphatic hydroxyl groups excluding tert-OH is 1. The molecule has 0 aliphatic carbocycles. The Balaban J connectivity index is 3.34. The molecule has 0 saturated heterocycles. The summed E-state index contributed by atoms with van der Waals surface area (Å²) in [4.78, 5) is 0. The van der Waals surface area contributed by atoms with E-state index < -0.39 is 11.2 Å². The van der Waals surface area contributed by atoms with E-state index in [0.29, 0.717) is 5.56 Å². The van der Waals surface area contributed by atoms with Crippen LogP contribution in [0, 0.1) is 5.82 Å². The van der Waals surface area contributed by atoms with Gasteiger partial charge in [0.1, 0.15) is 0 Å². The van der Waals surface area contributed by atoms with Crippen LogP contribution >= 0.6 is 0 Å². The second kappa shape index (κ2) is 4.06. The molecular weight excluding hydrogens is 199 g/mol. The number of halogens is 1. The number of phenols is 1. The van der Waals surface area contributed by atoms with Crippen LogP contribution in [0.5, 0.6) is 11.5 Å². The van der Waals surface area contributed by atoms with E-state index >= 15 is 0 Å². The van der Waals surface area contributed by atoms with Crippen molar-refractivity contribution < 1.29 is 19.3 Å². The third kappa shape index (κ3) is 2.04. The summed E-state index contributed by atoms with van der Waals surface area (Å²) in [7, 11) is 1.29. The average molecular weight is 214 g/mol. The first kappa shape index (κ1) is 11.8. The van der Waals surface area contributed by atoms with E-state index in [1.807, 2.05) is 0 Å². The molecule has 0 fully saturated rings. The quantitative estimate of drug-likeness (QED) is 0.806. The van der Waals surface area contributed by atoms with Gasteiger partial charge in [0.05, 0.1) is 13.7 Å². The maximum Gasteiger partial charge on any atom is 0.196 e. The van der Waals surface area contributed by atoms with Gasteiger partial charge in [0.15, 0.2) is 17.3 Å². The Labute approximate surface area is 88.1 Å². The second-order valence-corrected chi connectivity index (χ2v) is 4.02. The molecule has 84 valence electrons. The fourth-order valence-electron chi connectivity index (χ4n) is 1.37. The summed E-state index contributed by atoms with van der Waals surface area (Å²) in [6, 6.07) is 2.66. The average Bonchev–Trinajstić information content (AvgIpc) is 2.18. The molecule has 3 nitrogen and oxygen atoms in total. The van der Waals surface area contributed by atoms with Gasteiger partial charge < -0.3 is 14.9 Å². The van der Waals surface area contributed by atoms with Crippen molar-refractivity contribution in [2.24, 2.45) is 0 Å². The molecule has 0 heterocycles. The van der Waals surface area contributed by atoms with Crippen LogP contribution in [0.2, 0.25) is 0 Å². The van der Waals surface area contributed by atoms with Crippen molar-refractivity contribution in [1.29, 1.82) is 0 Å². The summed E-state index contributed by atoms with van der Waals surface area (Å²) < 4.78 is 17.9. The van der Waals surface area contributed by atoms with Crippen LogP contribution < -0.4 is 4.74 Å². The minimum absolute atomic E-state index is 0.144. The van der Waals surface area contributed by atoms with Gasteiger partial charge in [0.2, 0.25) is 0 Å². The monoisotopic (exact) mass is 214 g/mol. The molecular formula is C11H15FO3. The molecule has 0 spiro atoms. The first-order chi connectivity index (χ1) is 6.94. The normalized spacial score (nSPS) is 11.5. The molecule has 0 saturated carbocycles. The highest BCUT2D eigenvalue weighted by atomic mass is 19.1. The lowest BCUT2D eigenvalue weighted by Crippen LogP contribution is -2.22. The predicted molar refractivity (Wildman–Crippen MR) is 54.7 cm³/mol. The molecule has 2 N–H and O–H groups in total. The van der Waals surface area contributed by atoms with Crippen molar-refractivity contribution in [3.63, 3.8) is 0 Å². The van der Waals surface area contributed by atoms with Crippen LogP contribution in [0.4, 0.5) is 4.39 Å². The van der Waals surface area contributed by atoms with Crippen molar-refractivity contribution in [3.8, 4) is 11.5 Å². The number of rotatable bonds is 3. The minimum atomic E-state index is -0.634. The summed E-state index contributed by atoms with van der Waals surface area (Å²) in [6.45, 7) is 3.36. The molecule has 1 rings (SSSR count). The highest BCUT2D eigenvalue weighted by Crippen LogP contribution is 2.38. The number of benzene rings is 1. The Bertz CT molecular complexity index is 361. The molecule has 4 heteroatoms. The molecule has 0 atom stereocenters. The standard InChI is InChI=1S/C11H15FO3/c1-11(2,6-13)7-4-5-8(12)10(15-3)9(7)14/h4-5,13-14H,6H2,1-3H3. The Morgan fingerprint density at radius 2 is 2.00 bits per heavy atom. The molecule has 0 aliphatic rings. The first-order valence-corrected chi connectivity index (χ1v) is 4.61. The second-order valence-electron chi connectivity index (χ2n) is 4.02. The van der Waals surface area contributed by atoms with Gasteiger partial charge in [0, 0.05) is 11.0 Å². The summed E-state index contributed by atoms with van der Waals surface area (Å²) in [5, 5.41) is 18.9. The van der Waals surface area contributed by atoms with Gasteiger partial charge in [-0.3, -0.25) is 0 Å². The largest absolute Gasteiger partial charge is 0.504 e. The summed E-state index contributed by atoms with van der Waals surface area (Å²) in [5.74, 6) is -1.06. The van der Waals surface area contributed by atoms with E-state index in [1.165, 1.54) is 19.2 Å². The zero-order chi connectivity index (χ0) is 11.6. The molecule has 1 aromatic carbocycles. The Morgan fingerprint density at radius 3 is 2.47 bits per heavy atom. The number of aliphatic hydroxyl groups is 1. The highest BCUT2D eigenvalue weighted by molar-refractivity contribution is 5.49. The molecule has 0 amide bonds. The van der Waals surface area contributed by atoms with Crippen LogP contribution in [0.25, 0.3) is 0 Å². The van der Waals surface area contributed by atoms with Crippen LogP contribution in [0.3, 0.4) is 0 Å². The molecule has 1 aromatic rings. The van der Waals surface area contributed by atoms with Gasteiger partial charge in [-0.05, 0) is 6.07 Å². The van der Waals surface area contributed by atoms with Crippen molar-refractivity contribution in [3.05, 3.63) is 23.5 Å². The Kier molecular flexibility index (Phi) is 3.19. The topological polar surface area (TPSA) is 49.7 Å². The SMILES string of the molecule is COc1c(F)ccc(C(C)(C)CO)c1O. The van der Waals surface area contributed by atoms with Crippen LogP contribution in [0.1, 0.15) is 19.4 Å². The highest BCUT2D eigenvalue weighted by Gasteiger charge is 2.26. The summed E-state index contributed by atoms with van der Waals surface area (Å²) in [5.41, 5.74) is -0.173. The molecule has 15 heavy (non-hydrogen) atoms. The van der Waals surface area contributed by atoms with E-state index in [1.54, 1.807) is 13.8 Å². The molecule has 0 aliphatic heterocycles. The molecule has 0 bridgehead atoms. The number of phenolic OH excluding ortho intramolecular Hbond substituents is 1. The number of hydrogen-bond acceptors (Lipinski definition) is 3. The third-order valence-electron chi connectivity index (χ3n) is 2.41. The number of aromatic hydroxyl groups is 1.